The molecule has 0 unspecified atom stereocenters. The van der Waals surface area contributed by atoms with Crippen LogP contribution in [0.25, 0.3) is 11.6 Å². The van der Waals surface area contributed by atoms with Gasteiger partial charge in [0.2, 0.25) is 0 Å². The maximum Gasteiger partial charge on any atom is 0.0175 e. The van der Waals surface area contributed by atoms with Gasteiger partial charge in [-0.05, 0) is 60.4 Å². The van der Waals surface area contributed by atoms with Gasteiger partial charge in [0, 0.05) is 8.95 Å². The van der Waals surface area contributed by atoms with Gasteiger partial charge < -0.3 is 0 Å². The SMILES string of the molecule is C/C=C(/C(C)=C/c1ccc(Br)cc1)c1ccc(Br)cc1. The molecule has 0 nitrogen and oxygen atoms in total. The number of halogens is 2. The van der Waals surface area contributed by atoms with Crippen LogP contribution in [-0.2, 0) is 0 Å². The Morgan fingerprint density at radius 3 is 1.85 bits per heavy atom. The van der Waals surface area contributed by atoms with Crippen LogP contribution in [0.4, 0.5) is 0 Å². The molecule has 102 valence electrons. The van der Waals surface area contributed by atoms with Crippen molar-refractivity contribution in [2.24, 2.45) is 0 Å². The molecule has 0 spiro atoms. The summed E-state index contributed by atoms with van der Waals surface area (Å²) in [6.45, 7) is 4.23. The number of allylic oxidation sites excluding steroid dienone is 3. The van der Waals surface area contributed by atoms with Crippen LogP contribution in [0.1, 0.15) is 25.0 Å². The van der Waals surface area contributed by atoms with E-state index in [1.807, 2.05) is 0 Å². The summed E-state index contributed by atoms with van der Waals surface area (Å²) in [7, 11) is 0. The van der Waals surface area contributed by atoms with Gasteiger partial charge in [-0.2, -0.15) is 0 Å². The summed E-state index contributed by atoms with van der Waals surface area (Å²) in [6, 6.07) is 16.8. The fraction of sp³-hybridized carbons (Fsp3) is 0.111. The molecule has 0 aromatic heterocycles. The second kappa shape index (κ2) is 7.05. The third-order valence-electron chi connectivity index (χ3n) is 3.12. The zero-order chi connectivity index (χ0) is 14.5. The minimum Gasteiger partial charge on any atom is -0.0795 e. The van der Waals surface area contributed by atoms with Crippen molar-refractivity contribution in [1.82, 2.24) is 0 Å². The molecule has 20 heavy (non-hydrogen) atoms. The molecule has 2 heteroatoms. The average molecular weight is 392 g/mol. The first kappa shape index (κ1) is 15.3. The molecular weight excluding hydrogens is 376 g/mol. The van der Waals surface area contributed by atoms with Crippen molar-refractivity contribution in [2.45, 2.75) is 13.8 Å². The maximum absolute atomic E-state index is 3.48. The summed E-state index contributed by atoms with van der Waals surface area (Å²) >= 11 is 6.94. The minimum atomic E-state index is 1.10. The number of hydrogen-bond acceptors (Lipinski definition) is 0. The highest BCUT2D eigenvalue weighted by atomic mass is 79.9. The lowest BCUT2D eigenvalue weighted by molar-refractivity contribution is 1.48. The fourth-order valence-electron chi connectivity index (χ4n) is 2.14. The van der Waals surface area contributed by atoms with Crippen molar-refractivity contribution in [3.05, 3.63) is 80.3 Å². The summed E-state index contributed by atoms with van der Waals surface area (Å²) in [4.78, 5) is 0. The van der Waals surface area contributed by atoms with Gasteiger partial charge in [-0.3, -0.25) is 0 Å². The lowest BCUT2D eigenvalue weighted by Crippen LogP contribution is -1.86. The quantitative estimate of drug-likeness (QED) is 0.509. The third kappa shape index (κ3) is 3.94. The van der Waals surface area contributed by atoms with E-state index in [1.54, 1.807) is 0 Å². The molecule has 0 bridgehead atoms. The fourth-order valence-corrected chi connectivity index (χ4v) is 2.67. The van der Waals surface area contributed by atoms with Crippen LogP contribution in [0.3, 0.4) is 0 Å². The van der Waals surface area contributed by atoms with Crippen molar-refractivity contribution < 1.29 is 0 Å². The molecule has 2 aromatic rings. The van der Waals surface area contributed by atoms with Crippen molar-refractivity contribution in [3.63, 3.8) is 0 Å². The summed E-state index contributed by atoms with van der Waals surface area (Å²) in [5.74, 6) is 0. The molecule has 0 N–H and O–H groups in total. The van der Waals surface area contributed by atoms with Gasteiger partial charge in [-0.1, -0.05) is 68.3 Å². The predicted octanol–water partition coefficient (Wildman–Crippen LogP) is 6.72. The van der Waals surface area contributed by atoms with E-state index >= 15 is 0 Å². The molecule has 0 aliphatic rings. The van der Waals surface area contributed by atoms with Gasteiger partial charge in [0.15, 0.2) is 0 Å². The molecule has 0 atom stereocenters. The molecular formula is C18H16Br2. The Hall–Kier alpha value is -1.12. The van der Waals surface area contributed by atoms with Crippen LogP contribution < -0.4 is 0 Å². The lowest BCUT2D eigenvalue weighted by Gasteiger charge is -2.09. The standard InChI is InChI=1S/C18H16Br2/c1-3-18(15-6-10-17(20)11-7-15)13(2)12-14-4-8-16(19)9-5-14/h3-12H,1-2H3/b13-12+,18-3-. The van der Waals surface area contributed by atoms with Gasteiger partial charge >= 0.3 is 0 Å². The lowest BCUT2D eigenvalue weighted by atomic mass is 9.97. The zero-order valence-corrected chi connectivity index (χ0v) is 14.7. The number of hydrogen-bond donors (Lipinski definition) is 0. The Labute approximate surface area is 137 Å². The van der Waals surface area contributed by atoms with Crippen molar-refractivity contribution in [3.8, 4) is 0 Å². The van der Waals surface area contributed by atoms with Crippen LogP contribution in [0.5, 0.6) is 0 Å². The first-order valence-electron chi connectivity index (χ1n) is 6.46. The van der Waals surface area contributed by atoms with E-state index in [9.17, 15) is 0 Å². The zero-order valence-electron chi connectivity index (χ0n) is 11.5. The van der Waals surface area contributed by atoms with Crippen molar-refractivity contribution in [2.75, 3.05) is 0 Å². The van der Waals surface area contributed by atoms with Crippen molar-refractivity contribution in [1.29, 1.82) is 0 Å². The summed E-state index contributed by atoms with van der Waals surface area (Å²) in [5.41, 5.74) is 4.97. The minimum absolute atomic E-state index is 1.10. The van der Waals surface area contributed by atoms with E-state index in [0.717, 1.165) is 8.95 Å². The Morgan fingerprint density at radius 1 is 0.850 bits per heavy atom. The largest absolute Gasteiger partial charge is 0.0795 e. The normalized spacial score (nSPS) is 12.6. The Morgan fingerprint density at radius 2 is 1.35 bits per heavy atom. The molecule has 0 saturated heterocycles. The van der Waals surface area contributed by atoms with Gasteiger partial charge in [0.1, 0.15) is 0 Å². The molecule has 2 aromatic carbocycles. The monoisotopic (exact) mass is 390 g/mol. The highest BCUT2D eigenvalue weighted by Gasteiger charge is 2.03. The van der Waals surface area contributed by atoms with Crippen LogP contribution in [0.2, 0.25) is 0 Å². The van der Waals surface area contributed by atoms with Crippen LogP contribution in [-0.4, -0.2) is 0 Å². The highest BCUT2D eigenvalue weighted by Crippen LogP contribution is 2.26. The molecule has 0 fully saturated rings. The van der Waals surface area contributed by atoms with E-state index < -0.39 is 0 Å². The molecule has 0 radical (unpaired) electrons. The number of rotatable bonds is 3. The van der Waals surface area contributed by atoms with Crippen LogP contribution >= 0.6 is 31.9 Å². The molecule has 0 aliphatic carbocycles. The summed E-state index contributed by atoms with van der Waals surface area (Å²) in [6.07, 6.45) is 4.37. The second-order valence-electron chi connectivity index (χ2n) is 4.59. The average Bonchev–Trinajstić information content (AvgIpc) is 2.44. The number of benzene rings is 2. The Bertz CT molecular complexity index is 632. The van der Waals surface area contributed by atoms with E-state index in [-0.39, 0.29) is 0 Å². The molecule has 0 aliphatic heterocycles. The van der Waals surface area contributed by atoms with E-state index in [4.69, 9.17) is 0 Å². The topological polar surface area (TPSA) is 0 Å². The Balaban J connectivity index is 2.32. The van der Waals surface area contributed by atoms with Gasteiger partial charge in [-0.25, -0.2) is 0 Å². The first-order valence-corrected chi connectivity index (χ1v) is 8.05. The summed E-state index contributed by atoms with van der Waals surface area (Å²) in [5, 5.41) is 0. The van der Waals surface area contributed by atoms with Crippen LogP contribution in [0.15, 0.2) is 69.1 Å². The highest BCUT2D eigenvalue weighted by molar-refractivity contribution is 9.10. The second-order valence-corrected chi connectivity index (χ2v) is 6.42. The molecule has 2 rings (SSSR count). The summed E-state index contributed by atoms with van der Waals surface area (Å²) < 4.78 is 2.21. The molecule has 0 heterocycles. The van der Waals surface area contributed by atoms with E-state index in [2.05, 4.69) is 106 Å². The smallest absolute Gasteiger partial charge is 0.0175 e. The maximum atomic E-state index is 3.48. The van der Waals surface area contributed by atoms with Gasteiger partial charge in [0.05, 0.1) is 0 Å². The molecule has 0 amide bonds. The van der Waals surface area contributed by atoms with Crippen molar-refractivity contribution >= 4 is 43.5 Å². The van der Waals surface area contributed by atoms with E-state index in [0.29, 0.717) is 0 Å². The first-order chi connectivity index (χ1) is 9.60. The van der Waals surface area contributed by atoms with Gasteiger partial charge in [0.25, 0.3) is 0 Å². The van der Waals surface area contributed by atoms with Gasteiger partial charge in [-0.15, -0.1) is 0 Å². The van der Waals surface area contributed by atoms with E-state index in [1.165, 1.54) is 22.3 Å². The Kier molecular flexibility index (Phi) is 5.38. The van der Waals surface area contributed by atoms with Crippen LogP contribution in [0, 0.1) is 0 Å². The third-order valence-corrected chi connectivity index (χ3v) is 4.18. The predicted molar refractivity (Wildman–Crippen MR) is 95.6 cm³/mol. The molecule has 0 saturated carbocycles.